The van der Waals surface area contributed by atoms with E-state index in [0.29, 0.717) is 11.4 Å². The molecule has 21 heavy (non-hydrogen) atoms. The lowest BCUT2D eigenvalue weighted by atomic mass is 10.1. The van der Waals surface area contributed by atoms with E-state index in [1.807, 2.05) is 36.4 Å². The van der Waals surface area contributed by atoms with E-state index in [4.69, 9.17) is 10.5 Å². The summed E-state index contributed by atoms with van der Waals surface area (Å²) in [4.78, 5) is 17.9. The predicted molar refractivity (Wildman–Crippen MR) is 78.4 cm³/mol. The lowest BCUT2D eigenvalue weighted by Crippen LogP contribution is -2.32. The molecule has 1 aromatic heterocycles. The Labute approximate surface area is 122 Å². The molecule has 2 rings (SSSR count). The van der Waals surface area contributed by atoms with Crippen LogP contribution in [0.25, 0.3) is 10.8 Å². The lowest BCUT2D eigenvalue weighted by Gasteiger charge is -2.17. The van der Waals surface area contributed by atoms with E-state index < -0.39 is 0 Å². The molecule has 1 heterocycles. The number of carbonyl (C=O) groups is 1. The molecular formula is C15H13N5O. The van der Waals surface area contributed by atoms with E-state index in [1.54, 1.807) is 7.05 Å². The van der Waals surface area contributed by atoms with Crippen molar-refractivity contribution < 1.29 is 4.79 Å². The first-order chi connectivity index (χ1) is 10.2. The summed E-state index contributed by atoms with van der Waals surface area (Å²) in [6.07, 6.45) is 1.47. The minimum atomic E-state index is -0.371. The van der Waals surface area contributed by atoms with E-state index in [9.17, 15) is 4.79 Å². The fourth-order valence-electron chi connectivity index (χ4n) is 2.10. The number of anilines is 1. The molecule has 0 aliphatic carbocycles. The summed E-state index contributed by atoms with van der Waals surface area (Å²) in [5.74, 6) is 0.304. The summed E-state index contributed by atoms with van der Waals surface area (Å²) in [5, 5.41) is 22.1. The first-order valence-corrected chi connectivity index (χ1v) is 6.31. The normalized spacial score (nSPS) is 9.67. The van der Waals surface area contributed by atoms with Crippen molar-refractivity contribution in [1.82, 2.24) is 9.88 Å². The van der Waals surface area contributed by atoms with Crippen LogP contribution in [0.3, 0.4) is 0 Å². The Kier molecular flexibility index (Phi) is 4.33. The van der Waals surface area contributed by atoms with Gasteiger partial charge in [-0.3, -0.25) is 4.79 Å². The third kappa shape index (κ3) is 2.75. The quantitative estimate of drug-likeness (QED) is 0.861. The molecule has 2 aromatic rings. The van der Waals surface area contributed by atoms with E-state index in [0.717, 1.165) is 10.8 Å². The van der Waals surface area contributed by atoms with Gasteiger partial charge in [0.2, 0.25) is 0 Å². The van der Waals surface area contributed by atoms with Gasteiger partial charge in [-0.2, -0.15) is 10.5 Å². The highest BCUT2D eigenvalue weighted by Crippen LogP contribution is 2.24. The first-order valence-electron chi connectivity index (χ1n) is 6.31. The van der Waals surface area contributed by atoms with Gasteiger partial charge in [0, 0.05) is 18.6 Å². The van der Waals surface area contributed by atoms with Crippen LogP contribution in [-0.4, -0.2) is 35.9 Å². The molecule has 0 atom stereocenters. The summed E-state index contributed by atoms with van der Waals surface area (Å²) in [7, 11) is 1.76. The molecule has 0 radical (unpaired) electrons. The van der Waals surface area contributed by atoms with Crippen LogP contribution < -0.4 is 5.32 Å². The van der Waals surface area contributed by atoms with Crippen LogP contribution in [0.2, 0.25) is 0 Å². The number of nitrogens with zero attached hydrogens (tertiary/aromatic N) is 4. The largest absolute Gasteiger partial charge is 0.373 e. The molecule has 0 unspecified atom stereocenters. The van der Waals surface area contributed by atoms with Gasteiger partial charge in [0.05, 0.1) is 17.7 Å². The van der Waals surface area contributed by atoms with Crippen LogP contribution >= 0.6 is 0 Å². The highest BCUT2D eigenvalue weighted by atomic mass is 16.2. The predicted octanol–water partition coefficient (Wildman–Crippen LogP) is 1.77. The topological polar surface area (TPSA) is 92.8 Å². The summed E-state index contributed by atoms with van der Waals surface area (Å²) in [6.45, 7) is -0.261. The van der Waals surface area contributed by atoms with Crippen molar-refractivity contribution in [3.8, 4) is 12.1 Å². The zero-order chi connectivity index (χ0) is 15.2. The number of nitrogens with one attached hydrogen (secondary N) is 1. The molecule has 1 aromatic carbocycles. The molecule has 0 saturated carbocycles. The fraction of sp³-hybridized carbons (Fsp3) is 0.200. The fourth-order valence-corrected chi connectivity index (χ4v) is 2.10. The molecule has 0 saturated heterocycles. The van der Waals surface area contributed by atoms with E-state index in [2.05, 4.69) is 10.3 Å². The average Bonchev–Trinajstić information content (AvgIpc) is 2.53. The SMILES string of the molecule is CNc1ncc(C(=O)N(CC#N)CC#N)c2ccccc12. The van der Waals surface area contributed by atoms with Crippen molar-refractivity contribution in [3.05, 3.63) is 36.0 Å². The number of benzene rings is 1. The van der Waals surface area contributed by atoms with Crippen molar-refractivity contribution >= 4 is 22.5 Å². The van der Waals surface area contributed by atoms with Gasteiger partial charge in [-0.1, -0.05) is 24.3 Å². The zero-order valence-electron chi connectivity index (χ0n) is 11.5. The van der Waals surface area contributed by atoms with Crippen LogP contribution in [0.1, 0.15) is 10.4 Å². The minimum absolute atomic E-state index is 0.130. The van der Waals surface area contributed by atoms with Crippen LogP contribution in [0.15, 0.2) is 30.5 Å². The maximum Gasteiger partial charge on any atom is 0.257 e. The Morgan fingerprint density at radius 1 is 1.24 bits per heavy atom. The van der Waals surface area contributed by atoms with E-state index in [-0.39, 0.29) is 19.0 Å². The van der Waals surface area contributed by atoms with Crippen molar-refractivity contribution in [1.29, 1.82) is 10.5 Å². The molecule has 0 aliphatic rings. The van der Waals surface area contributed by atoms with Gasteiger partial charge in [-0.15, -0.1) is 0 Å². The summed E-state index contributed by atoms with van der Waals surface area (Å²) >= 11 is 0. The molecule has 6 nitrogen and oxygen atoms in total. The highest BCUT2D eigenvalue weighted by molar-refractivity contribution is 6.09. The van der Waals surface area contributed by atoms with Gasteiger partial charge >= 0.3 is 0 Å². The van der Waals surface area contributed by atoms with Gasteiger partial charge < -0.3 is 10.2 Å². The maximum atomic E-state index is 12.5. The van der Waals surface area contributed by atoms with Gasteiger partial charge in [-0.05, 0) is 5.39 Å². The number of hydrogen-bond acceptors (Lipinski definition) is 5. The smallest absolute Gasteiger partial charge is 0.257 e. The van der Waals surface area contributed by atoms with E-state index in [1.165, 1.54) is 11.1 Å². The van der Waals surface area contributed by atoms with Gasteiger partial charge in [0.25, 0.3) is 5.91 Å². The third-order valence-electron chi connectivity index (χ3n) is 3.07. The van der Waals surface area contributed by atoms with Crippen LogP contribution in [-0.2, 0) is 0 Å². The van der Waals surface area contributed by atoms with Gasteiger partial charge in [0.15, 0.2) is 0 Å². The highest BCUT2D eigenvalue weighted by Gasteiger charge is 2.19. The molecule has 1 N–H and O–H groups in total. The summed E-state index contributed by atoms with van der Waals surface area (Å²) < 4.78 is 0. The molecule has 104 valence electrons. The summed E-state index contributed by atoms with van der Waals surface area (Å²) in [6, 6.07) is 11.2. The molecular weight excluding hydrogens is 266 g/mol. The number of amides is 1. The van der Waals surface area contributed by atoms with Crippen molar-refractivity contribution in [3.63, 3.8) is 0 Å². The second kappa shape index (κ2) is 6.36. The van der Waals surface area contributed by atoms with Crippen LogP contribution in [0.5, 0.6) is 0 Å². The number of pyridine rings is 1. The average molecular weight is 279 g/mol. The monoisotopic (exact) mass is 279 g/mol. The number of hydrogen-bond donors (Lipinski definition) is 1. The van der Waals surface area contributed by atoms with Crippen molar-refractivity contribution in [2.75, 3.05) is 25.5 Å². The molecule has 1 amide bonds. The second-order valence-electron chi connectivity index (χ2n) is 4.29. The number of nitriles is 2. The molecule has 0 spiro atoms. The third-order valence-corrected chi connectivity index (χ3v) is 3.07. The Balaban J connectivity index is 2.54. The Morgan fingerprint density at radius 3 is 2.43 bits per heavy atom. The van der Waals surface area contributed by atoms with E-state index >= 15 is 0 Å². The second-order valence-corrected chi connectivity index (χ2v) is 4.29. The van der Waals surface area contributed by atoms with Crippen LogP contribution in [0, 0.1) is 22.7 Å². The number of aromatic nitrogens is 1. The van der Waals surface area contributed by atoms with Crippen molar-refractivity contribution in [2.24, 2.45) is 0 Å². The molecule has 0 fully saturated rings. The van der Waals surface area contributed by atoms with Crippen LogP contribution in [0.4, 0.5) is 5.82 Å². The van der Waals surface area contributed by atoms with Gasteiger partial charge in [-0.25, -0.2) is 4.98 Å². The Hall–Kier alpha value is -3.12. The Bertz CT molecular complexity index is 741. The molecule has 0 aliphatic heterocycles. The first kappa shape index (κ1) is 14.3. The summed E-state index contributed by atoms with van der Waals surface area (Å²) in [5.41, 5.74) is 0.384. The van der Waals surface area contributed by atoms with Gasteiger partial charge in [0.1, 0.15) is 18.9 Å². The molecule has 6 heteroatoms. The zero-order valence-corrected chi connectivity index (χ0v) is 11.5. The number of carbonyl (C=O) groups excluding carboxylic acids is 1. The number of rotatable bonds is 4. The minimum Gasteiger partial charge on any atom is -0.373 e. The Morgan fingerprint density at radius 2 is 1.86 bits per heavy atom. The molecule has 0 bridgehead atoms. The standard InChI is InChI=1S/C15H13N5O/c1-18-14-12-5-3-2-4-11(12)13(10-19-14)15(21)20(8-6-16)9-7-17/h2-5,10H,8-9H2,1H3,(H,18,19). The van der Waals surface area contributed by atoms with Crippen molar-refractivity contribution in [2.45, 2.75) is 0 Å². The number of fused-ring (bicyclic) bond motifs is 1. The lowest BCUT2D eigenvalue weighted by molar-refractivity contribution is 0.0796. The maximum absolute atomic E-state index is 12.5.